The highest BCUT2D eigenvalue weighted by atomic mass is 16.5. The molecule has 0 aliphatic rings. The van der Waals surface area contributed by atoms with E-state index in [0.717, 1.165) is 0 Å². The van der Waals surface area contributed by atoms with Crippen molar-refractivity contribution in [3.05, 3.63) is 54.1 Å². The molecule has 0 aromatic heterocycles. The van der Waals surface area contributed by atoms with Crippen LogP contribution in [0.15, 0.2) is 48.5 Å². The van der Waals surface area contributed by atoms with E-state index in [2.05, 4.69) is 5.32 Å². The molecule has 2 amide bonds. The lowest BCUT2D eigenvalue weighted by molar-refractivity contribution is -0.127. The molecule has 0 aliphatic heterocycles. The number of hydrogen-bond donors (Lipinski definition) is 3. The van der Waals surface area contributed by atoms with Crippen molar-refractivity contribution in [1.29, 1.82) is 0 Å². The normalized spacial score (nSPS) is 11.3. The molecule has 2 aromatic rings. The van der Waals surface area contributed by atoms with Gasteiger partial charge in [-0.05, 0) is 43.3 Å². The van der Waals surface area contributed by atoms with Gasteiger partial charge in [0.2, 0.25) is 0 Å². The highest BCUT2D eigenvalue weighted by molar-refractivity contribution is 6.05. The van der Waals surface area contributed by atoms with E-state index < -0.39 is 12.0 Å². The molecule has 0 saturated heterocycles. The summed E-state index contributed by atoms with van der Waals surface area (Å²) in [6.45, 7) is 1.57. The molecule has 0 unspecified atom stereocenters. The number of amides is 2. The lowest BCUT2D eigenvalue weighted by atomic mass is 10.2. The molecular formula is C17H19N3O4. The van der Waals surface area contributed by atoms with E-state index in [1.165, 1.54) is 7.11 Å². The second-order valence-corrected chi connectivity index (χ2v) is 4.95. The molecule has 2 rings (SSSR count). The highest BCUT2D eigenvalue weighted by Gasteiger charge is 2.14. The zero-order valence-corrected chi connectivity index (χ0v) is 13.4. The monoisotopic (exact) mass is 329 g/mol. The minimum Gasteiger partial charge on any atom is -0.495 e. The molecule has 7 nitrogen and oxygen atoms in total. The van der Waals surface area contributed by atoms with Crippen molar-refractivity contribution >= 4 is 17.5 Å². The Morgan fingerprint density at radius 3 is 2.38 bits per heavy atom. The second-order valence-electron chi connectivity index (χ2n) is 4.95. The second kappa shape index (κ2) is 7.98. The van der Waals surface area contributed by atoms with Gasteiger partial charge in [0.25, 0.3) is 11.8 Å². The largest absolute Gasteiger partial charge is 0.495 e. The summed E-state index contributed by atoms with van der Waals surface area (Å²) in [5.41, 5.74) is 3.04. The predicted molar refractivity (Wildman–Crippen MR) is 89.8 cm³/mol. The number of nitrogens with one attached hydrogen (secondary N) is 2. The smallest absolute Gasteiger partial charge is 0.274 e. The summed E-state index contributed by atoms with van der Waals surface area (Å²) in [6.07, 6.45) is -0.733. The number of benzene rings is 2. The fraction of sp³-hybridized carbons (Fsp3) is 0.176. The van der Waals surface area contributed by atoms with E-state index in [1.807, 2.05) is 11.5 Å². The number of rotatable bonds is 6. The Kier molecular flexibility index (Phi) is 5.75. The number of ether oxygens (including phenoxy) is 2. The van der Waals surface area contributed by atoms with E-state index in [1.54, 1.807) is 49.4 Å². The quantitative estimate of drug-likeness (QED) is 0.425. The van der Waals surface area contributed by atoms with Gasteiger partial charge in [-0.3, -0.25) is 15.0 Å². The van der Waals surface area contributed by atoms with Gasteiger partial charge in [0.05, 0.1) is 12.8 Å². The van der Waals surface area contributed by atoms with Crippen molar-refractivity contribution in [3.8, 4) is 11.5 Å². The third-order valence-electron chi connectivity index (χ3n) is 3.30. The minimum atomic E-state index is -0.733. The zero-order valence-electron chi connectivity index (χ0n) is 13.4. The first-order valence-corrected chi connectivity index (χ1v) is 7.26. The van der Waals surface area contributed by atoms with Gasteiger partial charge < -0.3 is 14.8 Å². The molecule has 0 spiro atoms. The van der Waals surface area contributed by atoms with Crippen molar-refractivity contribution in [2.75, 3.05) is 12.4 Å². The summed E-state index contributed by atoms with van der Waals surface area (Å²) in [5, 5.41) is 2.78. The topological polar surface area (TPSA) is 103 Å². The molecule has 0 saturated carbocycles. The van der Waals surface area contributed by atoms with Crippen LogP contribution >= 0.6 is 0 Å². The molecule has 7 heteroatoms. The van der Waals surface area contributed by atoms with E-state index in [-0.39, 0.29) is 5.91 Å². The van der Waals surface area contributed by atoms with Crippen LogP contribution in [0.5, 0.6) is 11.5 Å². The maximum Gasteiger partial charge on any atom is 0.274 e. The average Bonchev–Trinajstić information content (AvgIpc) is 2.61. The highest BCUT2D eigenvalue weighted by Crippen LogP contribution is 2.24. The number of hydrazine groups is 1. The van der Waals surface area contributed by atoms with Crippen LogP contribution in [-0.2, 0) is 4.79 Å². The number of methoxy groups -OCH3 is 1. The van der Waals surface area contributed by atoms with Crippen LogP contribution < -0.4 is 26.1 Å². The summed E-state index contributed by atoms with van der Waals surface area (Å²) in [6, 6.07) is 13.6. The first kappa shape index (κ1) is 17.3. The fourth-order valence-electron chi connectivity index (χ4n) is 2.00. The third-order valence-corrected chi connectivity index (χ3v) is 3.30. The van der Waals surface area contributed by atoms with E-state index in [9.17, 15) is 9.59 Å². The van der Waals surface area contributed by atoms with Gasteiger partial charge in [0.1, 0.15) is 11.5 Å². The molecule has 126 valence electrons. The summed E-state index contributed by atoms with van der Waals surface area (Å²) < 4.78 is 10.6. The molecule has 0 fully saturated rings. The molecular weight excluding hydrogens is 310 g/mol. The molecule has 4 N–H and O–H groups in total. The minimum absolute atomic E-state index is 0.279. The lowest BCUT2D eigenvalue weighted by Crippen LogP contribution is -2.40. The lowest BCUT2D eigenvalue weighted by Gasteiger charge is -2.13. The number of hydrogen-bond acceptors (Lipinski definition) is 5. The molecule has 0 heterocycles. The van der Waals surface area contributed by atoms with Gasteiger partial charge in [-0.25, -0.2) is 5.84 Å². The van der Waals surface area contributed by atoms with Crippen LogP contribution in [0.1, 0.15) is 17.3 Å². The molecule has 1 atom stereocenters. The van der Waals surface area contributed by atoms with Crippen LogP contribution in [0, 0.1) is 0 Å². The first-order valence-electron chi connectivity index (χ1n) is 7.26. The van der Waals surface area contributed by atoms with Crippen molar-refractivity contribution in [2.24, 2.45) is 5.84 Å². The zero-order chi connectivity index (χ0) is 17.5. The number of anilines is 1. The van der Waals surface area contributed by atoms with Gasteiger partial charge in [-0.1, -0.05) is 12.1 Å². The van der Waals surface area contributed by atoms with E-state index in [4.69, 9.17) is 15.3 Å². The van der Waals surface area contributed by atoms with Gasteiger partial charge in [0, 0.05) is 5.56 Å². The number of para-hydroxylation sites is 2. The van der Waals surface area contributed by atoms with Crippen molar-refractivity contribution < 1.29 is 19.1 Å². The predicted octanol–water partition coefficient (Wildman–Crippen LogP) is 1.70. The molecule has 24 heavy (non-hydrogen) atoms. The van der Waals surface area contributed by atoms with Crippen LogP contribution in [0.4, 0.5) is 5.69 Å². The Hall–Kier alpha value is -3.06. The van der Waals surface area contributed by atoms with Gasteiger partial charge in [0.15, 0.2) is 6.10 Å². The van der Waals surface area contributed by atoms with Gasteiger partial charge in [-0.2, -0.15) is 0 Å². The standard InChI is InChI=1S/C17H19N3O4/c1-11(16(21)20-18)24-13-9-7-12(8-10-13)17(22)19-14-5-3-4-6-15(14)23-2/h3-11H,18H2,1-2H3,(H,19,22)(H,20,21)/t11-/m0/s1. The van der Waals surface area contributed by atoms with Crippen molar-refractivity contribution in [3.63, 3.8) is 0 Å². The van der Waals surface area contributed by atoms with Crippen molar-refractivity contribution in [1.82, 2.24) is 5.43 Å². The van der Waals surface area contributed by atoms with Gasteiger partial charge in [-0.15, -0.1) is 0 Å². The van der Waals surface area contributed by atoms with Crippen molar-refractivity contribution in [2.45, 2.75) is 13.0 Å². The van der Waals surface area contributed by atoms with Crippen LogP contribution in [0.25, 0.3) is 0 Å². The number of carbonyl (C=O) groups is 2. The SMILES string of the molecule is COc1ccccc1NC(=O)c1ccc(O[C@@H](C)C(=O)NN)cc1. The Labute approximate surface area is 139 Å². The van der Waals surface area contributed by atoms with Crippen LogP contribution in [0.2, 0.25) is 0 Å². The first-order chi connectivity index (χ1) is 11.5. The number of nitrogens with two attached hydrogens (primary N) is 1. The Morgan fingerprint density at radius 1 is 1.08 bits per heavy atom. The Balaban J connectivity index is 2.05. The Bertz CT molecular complexity index is 716. The summed E-state index contributed by atoms with van der Waals surface area (Å²) in [5.74, 6) is 5.36. The summed E-state index contributed by atoms with van der Waals surface area (Å²) >= 11 is 0. The average molecular weight is 329 g/mol. The molecule has 0 radical (unpaired) electrons. The third kappa shape index (κ3) is 4.23. The van der Waals surface area contributed by atoms with Crippen LogP contribution in [0.3, 0.4) is 0 Å². The maximum atomic E-state index is 12.3. The summed E-state index contributed by atoms with van der Waals surface area (Å²) in [4.78, 5) is 23.6. The number of carbonyl (C=O) groups excluding carboxylic acids is 2. The molecule has 0 aliphatic carbocycles. The van der Waals surface area contributed by atoms with E-state index >= 15 is 0 Å². The maximum absolute atomic E-state index is 12.3. The van der Waals surface area contributed by atoms with Gasteiger partial charge >= 0.3 is 0 Å². The molecule has 0 bridgehead atoms. The summed E-state index contributed by atoms with van der Waals surface area (Å²) in [7, 11) is 1.54. The fourth-order valence-corrected chi connectivity index (χ4v) is 2.00. The Morgan fingerprint density at radius 2 is 1.75 bits per heavy atom. The molecule has 2 aromatic carbocycles. The van der Waals surface area contributed by atoms with E-state index in [0.29, 0.717) is 22.7 Å². The van der Waals surface area contributed by atoms with Crippen LogP contribution in [-0.4, -0.2) is 25.0 Å².